The summed E-state index contributed by atoms with van der Waals surface area (Å²) >= 11 is 0. The number of rotatable bonds is 6. The average Bonchev–Trinajstić information content (AvgIpc) is 2.52. The standard InChI is InChI=1S/C17H15NO4/c19-17(20)15-11-10-14(12-16(15)18(21)22)9-5-4-8-13-6-2-1-3-7-13/h1-3,5-7,9-12H,4,8H2,(H,19,20)/p-1. The summed E-state index contributed by atoms with van der Waals surface area (Å²) in [6.07, 6.45) is 5.32. The topological polar surface area (TPSA) is 83.3 Å². The first-order valence-corrected chi connectivity index (χ1v) is 6.78. The third kappa shape index (κ3) is 4.02. The van der Waals surface area contributed by atoms with Crippen molar-refractivity contribution in [3.8, 4) is 0 Å². The predicted molar refractivity (Wildman–Crippen MR) is 81.2 cm³/mol. The molecule has 0 saturated heterocycles. The summed E-state index contributed by atoms with van der Waals surface area (Å²) in [5, 5.41) is 21.7. The van der Waals surface area contributed by atoms with Crippen molar-refractivity contribution < 1.29 is 14.8 Å². The van der Waals surface area contributed by atoms with Gasteiger partial charge >= 0.3 is 0 Å². The lowest BCUT2D eigenvalue weighted by Crippen LogP contribution is -2.23. The van der Waals surface area contributed by atoms with Crippen LogP contribution in [0.15, 0.2) is 54.6 Å². The SMILES string of the molecule is O=C([O-])c1ccc(C=CCCc2ccccc2)cc1[N+](=O)[O-]. The van der Waals surface area contributed by atoms with Gasteiger partial charge in [0.2, 0.25) is 0 Å². The van der Waals surface area contributed by atoms with E-state index in [0.29, 0.717) is 5.56 Å². The van der Waals surface area contributed by atoms with Crippen LogP contribution in [-0.2, 0) is 6.42 Å². The normalized spacial score (nSPS) is 10.7. The van der Waals surface area contributed by atoms with Crippen molar-refractivity contribution in [2.45, 2.75) is 12.8 Å². The number of hydrogen-bond donors (Lipinski definition) is 0. The number of benzene rings is 2. The molecule has 0 saturated carbocycles. The first-order chi connectivity index (χ1) is 10.6. The molecule has 0 amide bonds. The molecule has 5 nitrogen and oxygen atoms in total. The highest BCUT2D eigenvalue weighted by atomic mass is 16.6. The summed E-state index contributed by atoms with van der Waals surface area (Å²) in [5.74, 6) is -1.55. The van der Waals surface area contributed by atoms with Crippen LogP contribution in [0.25, 0.3) is 6.08 Å². The molecule has 22 heavy (non-hydrogen) atoms. The number of allylic oxidation sites excluding steroid dienone is 1. The van der Waals surface area contributed by atoms with Crippen molar-refractivity contribution in [1.82, 2.24) is 0 Å². The van der Waals surface area contributed by atoms with Gasteiger partial charge in [0, 0.05) is 6.07 Å². The highest BCUT2D eigenvalue weighted by molar-refractivity contribution is 5.91. The molecule has 0 radical (unpaired) electrons. The van der Waals surface area contributed by atoms with E-state index in [2.05, 4.69) is 0 Å². The van der Waals surface area contributed by atoms with Crippen molar-refractivity contribution in [3.63, 3.8) is 0 Å². The van der Waals surface area contributed by atoms with Gasteiger partial charge in [0.1, 0.15) is 0 Å². The van der Waals surface area contributed by atoms with Gasteiger partial charge in [-0.1, -0.05) is 48.6 Å². The zero-order valence-corrected chi connectivity index (χ0v) is 11.8. The summed E-state index contributed by atoms with van der Waals surface area (Å²) in [4.78, 5) is 21.0. The zero-order valence-electron chi connectivity index (χ0n) is 11.8. The van der Waals surface area contributed by atoms with E-state index in [9.17, 15) is 20.0 Å². The van der Waals surface area contributed by atoms with Crippen LogP contribution in [-0.4, -0.2) is 10.9 Å². The molecule has 0 fully saturated rings. The summed E-state index contributed by atoms with van der Waals surface area (Å²) in [6.45, 7) is 0. The number of carbonyl (C=O) groups is 1. The molecule has 0 N–H and O–H groups in total. The Balaban J connectivity index is 2.06. The number of aromatic carboxylic acids is 1. The first-order valence-electron chi connectivity index (χ1n) is 6.78. The number of carboxylic acids is 1. The van der Waals surface area contributed by atoms with E-state index < -0.39 is 22.1 Å². The van der Waals surface area contributed by atoms with Gasteiger partial charge < -0.3 is 9.90 Å². The summed E-state index contributed by atoms with van der Waals surface area (Å²) < 4.78 is 0. The van der Waals surface area contributed by atoms with Crippen LogP contribution < -0.4 is 5.11 Å². The Morgan fingerprint density at radius 1 is 1.14 bits per heavy atom. The second-order valence-corrected chi connectivity index (χ2v) is 4.75. The van der Waals surface area contributed by atoms with Crippen LogP contribution in [0.2, 0.25) is 0 Å². The molecule has 5 heteroatoms. The Morgan fingerprint density at radius 3 is 2.50 bits per heavy atom. The average molecular weight is 296 g/mol. The Bertz CT molecular complexity index is 708. The van der Waals surface area contributed by atoms with Crippen molar-refractivity contribution in [3.05, 3.63) is 81.4 Å². The molecule has 0 aliphatic rings. The summed E-state index contributed by atoms with van der Waals surface area (Å²) in [6, 6.07) is 13.9. The molecule has 0 aliphatic heterocycles. The lowest BCUT2D eigenvalue weighted by Gasteiger charge is -2.04. The Labute approximate surface area is 127 Å². The quantitative estimate of drug-likeness (QED) is 0.606. The molecule has 2 aromatic carbocycles. The maximum atomic E-state index is 10.9. The van der Waals surface area contributed by atoms with Gasteiger partial charge in [0.25, 0.3) is 5.69 Å². The fourth-order valence-corrected chi connectivity index (χ4v) is 2.09. The second-order valence-electron chi connectivity index (χ2n) is 4.75. The molecule has 0 unspecified atom stereocenters. The lowest BCUT2D eigenvalue weighted by atomic mass is 10.1. The third-order valence-corrected chi connectivity index (χ3v) is 3.19. The van der Waals surface area contributed by atoms with E-state index in [1.165, 1.54) is 23.8 Å². The molecular weight excluding hydrogens is 282 g/mol. The van der Waals surface area contributed by atoms with E-state index in [1.54, 1.807) is 6.08 Å². The van der Waals surface area contributed by atoms with E-state index in [-0.39, 0.29) is 0 Å². The van der Waals surface area contributed by atoms with Crippen LogP contribution in [0, 0.1) is 10.1 Å². The minimum absolute atomic E-state index is 0.411. The van der Waals surface area contributed by atoms with Crippen molar-refractivity contribution in [2.75, 3.05) is 0 Å². The third-order valence-electron chi connectivity index (χ3n) is 3.19. The van der Waals surface area contributed by atoms with E-state index in [0.717, 1.165) is 12.8 Å². The summed E-state index contributed by atoms with van der Waals surface area (Å²) in [7, 11) is 0. The smallest absolute Gasteiger partial charge is 0.279 e. The van der Waals surface area contributed by atoms with Crippen LogP contribution >= 0.6 is 0 Å². The molecule has 0 heterocycles. The molecule has 112 valence electrons. The molecule has 2 rings (SSSR count). The molecule has 0 aliphatic carbocycles. The van der Waals surface area contributed by atoms with Gasteiger partial charge in [-0.25, -0.2) is 0 Å². The molecule has 0 aromatic heterocycles. The van der Waals surface area contributed by atoms with Gasteiger partial charge in [-0.05, 0) is 30.0 Å². The number of nitro groups is 1. The number of nitro benzene ring substituents is 1. The molecular formula is C17H14NO4-. The number of nitrogens with zero attached hydrogens (tertiary/aromatic N) is 1. The summed E-state index contributed by atoms with van der Waals surface area (Å²) in [5.41, 5.74) is 0.937. The predicted octanol–water partition coefficient (Wildman–Crippen LogP) is 2.60. The number of aryl methyl sites for hydroxylation is 1. The van der Waals surface area contributed by atoms with Crippen molar-refractivity contribution >= 4 is 17.7 Å². The Kier molecular flexibility index (Phi) is 5.03. The fraction of sp³-hybridized carbons (Fsp3) is 0.118. The zero-order chi connectivity index (χ0) is 15.9. The minimum atomic E-state index is -1.55. The largest absolute Gasteiger partial charge is 0.545 e. The maximum absolute atomic E-state index is 10.9. The highest BCUT2D eigenvalue weighted by Gasteiger charge is 2.14. The monoisotopic (exact) mass is 296 g/mol. The number of hydrogen-bond acceptors (Lipinski definition) is 4. The molecule has 0 bridgehead atoms. The minimum Gasteiger partial charge on any atom is -0.545 e. The van der Waals surface area contributed by atoms with E-state index in [4.69, 9.17) is 0 Å². The number of carbonyl (C=O) groups excluding carboxylic acids is 1. The van der Waals surface area contributed by atoms with E-state index >= 15 is 0 Å². The van der Waals surface area contributed by atoms with Gasteiger partial charge in [-0.15, -0.1) is 0 Å². The second kappa shape index (κ2) is 7.17. The van der Waals surface area contributed by atoms with Gasteiger partial charge in [-0.3, -0.25) is 10.1 Å². The molecule has 0 spiro atoms. The maximum Gasteiger partial charge on any atom is 0.279 e. The Morgan fingerprint density at radius 2 is 1.86 bits per heavy atom. The van der Waals surface area contributed by atoms with Crippen molar-refractivity contribution in [2.24, 2.45) is 0 Å². The first kappa shape index (κ1) is 15.4. The van der Waals surface area contributed by atoms with Crippen molar-refractivity contribution in [1.29, 1.82) is 0 Å². The molecule has 2 aromatic rings. The highest BCUT2D eigenvalue weighted by Crippen LogP contribution is 2.20. The van der Waals surface area contributed by atoms with Crippen LogP contribution in [0.1, 0.15) is 27.9 Å². The van der Waals surface area contributed by atoms with E-state index in [1.807, 2.05) is 36.4 Å². The lowest BCUT2D eigenvalue weighted by molar-refractivity contribution is -0.385. The fourth-order valence-electron chi connectivity index (χ4n) is 2.09. The van der Waals surface area contributed by atoms with Gasteiger partial charge in [0.05, 0.1) is 16.5 Å². The number of carboxylic acid groups (broad SMARTS) is 1. The van der Waals surface area contributed by atoms with Crippen LogP contribution in [0.5, 0.6) is 0 Å². The molecule has 0 atom stereocenters. The Hall–Kier alpha value is -2.95. The van der Waals surface area contributed by atoms with Crippen LogP contribution in [0.4, 0.5) is 5.69 Å². The van der Waals surface area contributed by atoms with Gasteiger partial charge in [-0.2, -0.15) is 0 Å². The van der Waals surface area contributed by atoms with Crippen LogP contribution in [0.3, 0.4) is 0 Å². The van der Waals surface area contributed by atoms with Gasteiger partial charge in [0.15, 0.2) is 0 Å².